The summed E-state index contributed by atoms with van der Waals surface area (Å²) in [6.07, 6.45) is 6.48. The van der Waals surface area contributed by atoms with Gasteiger partial charge in [0.25, 0.3) is 0 Å². The van der Waals surface area contributed by atoms with Gasteiger partial charge < -0.3 is 10.2 Å². The Morgan fingerprint density at radius 2 is 2.04 bits per heavy atom. The molecular formula is C16H22N6O2S. The van der Waals surface area contributed by atoms with Crippen LogP contribution in [0.1, 0.15) is 19.3 Å². The van der Waals surface area contributed by atoms with Gasteiger partial charge in [0, 0.05) is 32.0 Å². The molecule has 0 bridgehead atoms. The largest absolute Gasteiger partial charge is 0.356 e. The van der Waals surface area contributed by atoms with Crippen molar-refractivity contribution in [2.75, 3.05) is 29.9 Å². The summed E-state index contributed by atoms with van der Waals surface area (Å²) in [6.45, 7) is 2.42. The number of pyridine rings is 1. The van der Waals surface area contributed by atoms with Gasteiger partial charge in [0.05, 0.1) is 0 Å². The van der Waals surface area contributed by atoms with Crippen molar-refractivity contribution in [3.8, 4) is 0 Å². The molecule has 0 saturated carbocycles. The van der Waals surface area contributed by atoms with E-state index in [0.717, 1.165) is 38.2 Å². The molecule has 1 atom stereocenters. The van der Waals surface area contributed by atoms with Crippen LogP contribution in [-0.4, -0.2) is 43.3 Å². The molecule has 1 aliphatic rings. The molecule has 25 heavy (non-hydrogen) atoms. The van der Waals surface area contributed by atoms with Gasteiger partial charge in [0.15, 0.2) is 0 Å². The van der Waals surface area contributed by atoms with E-state index in [0.29, 0.717) is 24.2 Å². The molecule has 1 aliphatic heterocycles. The van der Waals surface area contributed by atoms with Gasteiger partial charge in [-0.2, -0.15) is 4.98 Å². The molecule has 2 aromatic heterocycles. The minimum Gasteiger partial charge on any atom is -0.356 e. The van der Waals surface area contributed by atoms with E-state index in [-0.39, 0.29) is 0 Å². The van der Waals surface area contributed by atoms with Crippen LogP contribution < -0.4 is 14.9 Å². The third-order valence-corrected chi connectivity index (χ3v) is 4.71. The Labute approximate surface area is 149 Å². The van der Waals surface area contributed by atoms with Gasteiger partial charge in [0.1, 0.15) is 11.6 Å². The van der Waals surface area contributed by atoms with Crippen molar-refractivity contribution < 1.29 is 8.76 Å². The Bertz CT molecular complexity index is 694. The van der Waals surface area contributed by atoms with Crippen LogP contribution in [-0.2, 0) is 11.3 Å². The number of hydrogen-bond donors (Lipinski definition) is 3. The molecule has 1 fully saturated rings. The van der Waals surface area contributed by atoms with Gasteiger partial charge >= 0.3 is 0 Å². The van der Waals surface area contributed by atoms with Crippen molar-refractivity contribution in [3.63, 3.8) is 0 Å². The lowest BCUT2D eigenvalue weighted by molar-refractivity contribution is 0.380. The smallest absolute Gasteiger partial charge is 0.231 e. The first-order valence-electron chi connectivity index (χ1n) is 8.31. The van der Waals surface area contributed by atoms with Crippen molar-refractivity contribution in [2.24, 2.45) is 5.92 Å². The molecule has 3 heterocycles. The fourth-order valence-corrected chi connectivity index (χ4v) is 3.23. The number of piperidine rings is 1. The van der Waals surface area contributed by atoms with Crippen molar-refractivity contribution in [2.45, 2.75) is 19.3 Å². The summed E-state index contributed by atoms with van der Waals surface area (Å²) in [4.78, 5) is 15.3. The fraction of sp³-hybridized carbons (Fsp3) is 0.438. The second-order valence-electron chi connectivity index (χ2n) is 5.94. The molecule has 0 spiro atoms. The minimum atomic E-state index is -1.92. The second kappa shape index (κ2) is 8.84. The third kappa shape index (κ3) is 5.45. The average Bonchev–Trinajstić information content (AvgIpc) is 2.63. The molecule has 0 aliphatic carbocycles. The van der Waals surface area contributed by atoms with Crippen LogP contribution >= 0.6 is 0 Å². The molecule has 1 unspecified atom stereocenters. The molecule has 2 aromatic rings. The number of rotatable bonds is 7. The van der Waals surface area contributed by atoms with Crippen molar-refractivity contribution in [1.29, 1.82) is 0 Å². The van der Waals surface area contributed by atoms with E-state index < -0.39 is 11.3 Å². The third-order valence-electron chi connectivity index (χ3n) is 4.26. The van der Waals surface area contributed by atoms with Gasteiger partial charge in [-0.25, -0.2) is 18.9 Å². The van der Waals surface area contributed by atoms with Crippen LogP contribution in [0.2, 0.25) is 0 Å². The summed E-state index contributed by atoms with van der Waals surface area (Å²) in [6, 6.07) is 7.56. The molecule has 0 aromatic carbocycles. The Balaban J connectivity index is 1.53. The zero-order chi connectivity index (χ0) is 17.5. The molecule has 3 N–H and O–H groups in total. The molecule has 9 heteroatoms. The summed E-state index contributed by atoms with van der Waals surface area (Å²) in [5, 5.41) is 3.11. The Morgan fingerprint density at radius 1 is 1.20 bits per heavy atom. The highest BCUT2D eigenvalue weighted by atomic mass is 32.2. The van der Waals surface area contributed by atoms with E-state index >= 15 is 0 Å². The second-order valence-corrected chi connectivity index (χ2v) is 6.73. The van der Waals surface area contributed by atoms with E-state index in [4.69, 9.17) is 4.55 Å². The SMILES string of the molecule is O=S(O)NCCC1CCN(c2ccnc(Nc3ccccn3)n2)CC1. The summed E-state index contributed by atoms with van der Waals surface area (Å²) >= 11 is -1.92. The summed E-state index contributed by atoms with van der Waals surface area (Å²) in [5.41, 5.74) is 0. The first-order chi connectivity index (χ1) is 12.2. The molecule has 134 valence electrons. The monoisotopic (exact) mass is 362 g/mol. The van der Waals surface area contributed by atoms with Crippen LogP contribution in [0.25, 0.3) is 0 Å². The number of nitrogens with zero attached hydrogens (tertiary/aromatic N) is 4. The summed E-state index contributed by atoms with van der Waals surface area (Å²) in [5.74, 6) is 2.72. The molecule has 3 rings (SSSR count). The predicted octanol–water partition coefficient (Wildman–Crippen LogP) is 1.95. The van der Waals surface area contributed by atoms with E-state index in [9.17, 15) is 4.21 Å². The van der Waals surface area contributed by atoms with Crippen LogP contribution in [0.3, 0.4) is 0 Å². The predicted molar refractivity (Wildman–Crippen MR) is 97.9 cm³/mol. The topological polar surface area (TPSA) is 103 Å². The fourth-order valence-electron chi connectivity index (χ4n) is 2.94. The maximum absolute atomic E-state index is 10.6. The molecule has 0 amide bonds. The van der Waals surface area contributed by atoms with Gasteiger partial charge in [-0.3, -0.25) is 4.55 Å². The standard InChI is InChI=1S/C16H22N6O2S/c23-25(24)19-10-4-13-6-11-22(12-7-13)15-5-9-18-16(21-15)20-14-3-1-2-8-17-14/h1-3,5,8-9,13,19H,4,6-7,10-12H2,(H,23,24)(H,17,18,20,21). The normalized spacial score (nSPS) is 16.6. The van der Waals surface area contributed by atoms with Crippen molar-refractivity contribution in [3.05, 3.63) is 36.7 Å². The minimum absolute atomic E-state index is 0.535. The van der Waals surface area contributed by atoms with Crippen LogP contribution in [0.15, 0.2) is 36.7 Å². The maximum Gasteiger partial charge on any atom is 0.231 e. The highest BCUT2D eigenvalue weighted by Gasteiger charge is 2.20. The lowest BCUT2D eigenvalue weighted by Crippen LogP contribution is -2.35. The lowest BCUT2D eigenvalue weighted by atomic mass is 9.94. The maximum atomic E-state index is 10.6. The first kappa shape index (κ1) is 17.7. The Morgan fingerprint density at radius 3 is 2.76 bits per heavy atom. The highest BCUT2D eigenvalue weighted by molar-refractivity contribution is 7.77. The van der Waals surface area contributed by atoms with Gasteiger partial charge in [-0.05, 0) is 43.4 Å². The van der Waals surface area contributed by atoms with Crippen LogP contribution in [0, 0.1) is 5.92 Å². The van der Waals surface area contributed by atoms with Crippen molar-refractivity contribution in [1.82, 2.24) is 19.7 Å². The molecule has 1 saturated heterocycles. The Kier molecular flexibility index (Phi) is 6.26. The van der Waals surface area contributed by atoms with E-state index in [1.165, 1.54) is 0 Å². The number of nitrogens with one attached hydrogen (secondary N) is 2. The quantitative estimate of drug-likeness (QED) is 0.647. The van der Waals surface area contributed by atoms with E-state index in [1.54, 1.807) is 12.4 Å². The van der Waals surface area contributed by atoms with Crippen LogP contribution in [0.4, 0.5) is 17.6 Å². The molecule has 0 radical (unpaired) electrons. The molecular weight excluding hydrogens is 340 g/mol. The Hall–Kier alpha value is -2.10. The van der Waals surface area contributed by atoms with Gasteiger partial charge in [0.2, 0.25) is 17.2 Å². The highest BCUT2D eigenvalue weighted by Crippen LogP contribution is 2.24. The number of hydrogen-bond acceptors (Lipinski definition) is 6. The zero-order valence-corrected chi connectivity index (χ0v) is 14.7. The van der Waals surface area contributed by atoms with Gasteiger partial charge in [-0.1, -0.05) is 6.07 Å². The summed E-state index contributed by atoms with van der Waals surface area (Å²) in [7, 11) is 0. The van der Waals surface area contributed by atoms with E-state index in [2.05, 4.69) is 29.9 Å². The van der Waals surface area contributed by atoms with Crippen molar-refractivity contribution >= 4 is 28.9 Å². The van der Waals surface area contributed by atoms with Crippen LogP contribution in [0.5, 0.6) is 0 Å². The number of anilines is 3. The number of aromatic nitrogens is 3. The average molecular weight is 362 g/mol. The lowest BCUT2D eigenvalue weighted by Gasteiger charge is -2.32. The molecule has 8 nitrogen and oxygen atoms in total. The van der Waals surface area contributed by atoms with Gasteiger partial charge in [-0.15, -0.1) is 0 Å². The zero-order valence-electron chi connectivity index (χ0n) is 13.8. The summed E-state index contributed by atoms with van der Waals surface area (Å²) < 4.78 is 21.9. The van der Waals surface area contributed by atoms with E-state index in [1.807, 2.05) is 24.3 Å². The first-order valence-corrected chi connectivity index (χ1v) is 9.42.